The van der Waals surface area contributed by atoms with E-state index in [-0.39, 0.29) is 0 Å². The van der Waals surface area contributed by atoms with E-state index in [0.717, 1.165) is 26.9 Å². The lowest BCUT2D eigenvalue weighted by atomic mass is 10.1. The molecular formula is C20H30N2S. The highest BCUT2D eigenvalue weighted by Gasteiger charge is 2.04. The molecule has 1 heterocycles. The molecule has 1 aromatic heterocycles. The van der Waals surface area contributed by atoms with Gasteiger partial charge in [-0.2, -0.15) is 0 Å². The second kappa shape index (κ2) is 12.8. The average Bonchev–Trinajstić information content (AvgIpc) is 2.92. The third-order valence-electron chi connectivity index (χ3n) is 3.12. The van der Waals surface area contributed by atoms with Gasteiger partial charge in [0, 0.05) is 22.3 Å². The maximum absolute atomic E-state index is 4.44. The summed E-state index contributed by atoms with van der Waals surface area (Å²) >= 11 is 1.51. The molecule has 0 amide bonds. The van der Waals surface area contributed by atoms with E-state index in [2.05, 4.69) is 43.6 Å². The van der Waals surface area contributed by atoms with E-state index in [4.69, 9.17) is 0 Å². The molecule has 126 valence electrons. The summed E-state index contributed by atoms with van der Waals surface area (Å²) in [6, 6.07) is 0. The molecule has 3 heteroatoms. The average molecular weight is 331 g/mol. The molecule has 0 aliphatic heterocycles. The molecule has 0 saturated heterocycles. The van der Waals surface area contributed by atoms with Crippen molar-refractivity contribution in [3.05, 3.63) is 58.7 Å². The first-order valence-electron chi connectivity index (χ1n) is 7.99. The van der Waals surface area contributed by atoms with Crippen molar-refractivity contribution in [2.45, 2.75) is 40.0 Å². The first-order chi connectivity index (χ1) is 11.0. The second-order valence-corrected chi connectivity index (χ2v) is 5.82. The van der Waals surface area contributed by atoms with Crippen molar-refractivity contribution in [1.29, 1.82) is 0 Å². The Hall–Kier alpha value is -1.74. The molecule has 23 heavy (non-hydrogen) atoms. The van der Waals surface area contributed by atoms with Crippen LogP contribution in [0.5, 0.6) is 0 Å². The summed E-state index contributed by atoms with van der Waals surface area (Å²) in [7, 11) is 0. The highest BCUT2D eigenvalue weighted by atomic mass is 32.2. The summed E-state index contributed by atoms with van der Waals surface area (Å²) in [5.74, 6) is 0. The van der Waals surface area contributed by atoms with Crippen LogP contribution >= 0.6 is 11.8 Å². The van der Waals surface area contributed by atoms with Crippen molar-refractivity contribution in [1.82, 2.24) is 4.98 Å². The van der Waals surface area contributed by atoms with E-state index < -0.39 is 0 Å². The molecular weight excluding hydrogens is 300 g/mol. The molecule has 0 unspecified atom stereocenters. The van der Waals surface area contributed by atoms with Crippen LogP contribution in [-0.2, 0) is 0 Å². The smallest absolute Gasteiger partial charge is 0.0892 e. The number of aromatic nitrogens is 1. The van der Waals surface area contributed by atoms with Gasteiger partial charge >= 0.3 is 0 Å². The maximum Gasteiger partial charge on any atom is 0.0892 e. The maximum atomic E-state index is 4.44. The summed E-state index contributed by atoms with van der Waals surface area (Å²) < 4.78 is 0. The molecule has 2 nitrogen and oxygen atoms in total. The molecule has 0 saturated carbocycles. The third kappa shape index (κ3) is 7.89. The van der Waals surface area contributed by atoms with Crippen molar-refractivity contribution >= 4 is 30.1 Å². The predicted molar refractivity (Wildman–Crippen MR) is 109 cm³/mol. The summed E-state index contributed by atoms with van der Waals surface area (Å²) in [5.41, 5.74) is 1.79. The molecule has 0 aliphatic rings. The van der Waals surface area contributed by atoms with E-state index in [1.807, 2.05) is 37.6 Å². The molecule has 1 N–H and O–H groups in total. The van der Waals surface area contributed by atoms with E-state index in [9.17, 15) is 0 Å². The van der Waals surface area contributed by atoms with Crippen molar-refractivity contribution in [3.63, 3.8) is 0 Å². The predicted octanol–water partition coefficient (Wildman–Crippen LogP) is 4.79. The molecule has 0 fully saturated rings. The lowest BCUT2D eigenvalue weighted by Crippen LogP contribution is -2.25. The molecule has 0 bridgehead atoms. The lowest BCUT2D eigenvalue weighted by molar-refractivity contribution is 0.772. The highest BCUT2D eigenvalue weighted by molar-refractivity contribution is 8.02. The second-order valence-electron chi connectivity index (χ2n) is 4.94. The number of hydrogen-bond donors (Lipinski definition) is 1. The van der Waals surface area contributed by atoms with E-state index in [1.54, 1.807) is 6.08 Å². The van der Waals surface area contributed by atoms with E-state index in [1.165, 1.54) is 31.0 Å². The van der Waals surface area contributed by atoms with Gasteiger partial charge in [0.1, 0.15) is 0 Å². The lowest BCUT2D eigenvalue weighted by Gasteiger charge is -1.99. The molecule has 0 radical (unpaired) electrons. The fraction of sp³-hybridized carbons (Fsp3) is 0.350. The van der Waals surface area contributed by atoms with E-state index >= 15 is 0 Å². The van der Waals surface area contributed by atoms with Gasteiger partial charge in [-0.3, -0.25) is 0 Å². The Morgan fingerprint density at radius 1 is 1.35 bits per heavy atom. The van der Waals surface area contributed by atoms with Crippen LogP contribution in [0.3, 0.4) is 0 Å². The van der Waals surface area contributed by atoms with Crippen LogP contribution in [0, 0.1) is 0 Å². The van der Waals surface area contributed by atoms with E-state index in [0.29, 0.717) is 0 Å². The van der Waals surface area contributed by atoms with Crippen LogP contribution in [0.2, 0.25) is 0 Å². The SMILES string of the molecule is C=C/C(=N\C(=C)SC)c1c[nH]c(=C)/c1=C\C=C/C.CCCCC. The molecule has 0 aliphatic carbocycles. The first kappa shape index (κ1) is 21.3. The number of hydrogen-bond acceptors (Lipinski definition) is 2. The monoisotopic (exact) mass is 330 g/mol. The summed E-state index contributed by atoms with van der Waals surface area (Å²) in [5, 5.41) is 2.65. The Balaban J connectivity index is 0.000000841. The zero-order chi connectivity index (χ0) is 17.7. The number of unbranched alkanes of at least 4 members (excludes halogenated alkanes) is 2. The van der Waals surface area contributed by atoms with Crippen LogP contribution in [0.25, 0.3) is 12.7 Å². The topological polar surface area (TPSA) is 28.1 Å². The summed E-state index contributed by atoms with van der Waals surface area (Å²) in [6.45, 7) is 18.0. The molecule has 1 aromatic rings. The number of H-pyrrole nitrogens is 1. The Morgan fingerprint density at radius 3 is 2.43 bits per heavy atom. The fourth-order valence-corrected chi connectivity index (χ4v) is 2.01. The van der Waals surface area contributed by atoms with Gasteiger partial charge in [0.2, 0.25) is 0 Å². The quantitative estimate of drug-likeness (QED) is 0.715. The van der Waals surface area contributed by atoms with Gasteiger partial charge in [-0.25, -0.2) is 4.99 Å². The van der Waals surface area contributed by atoms with Crippen molar-refractivity contribution < 1.29 is 0 Å². The molecule has 0 aromatic carbocycles. The third-order valence-corrected chi connectivity index (χ3v) is 3.68. The van der Waals surface area contributed by atoms with Crippen molar-refractivity contribution in [3.8, 4) is 0 Å². The van der Waals surface area contributed by atoms with Crippen LogP contribution in [0.4, 0.5) is 0 Å². The van der Waals surface area contributed by atoms with Crippen molar-refractivity contribution in [2.75, 3.05) is 6.26 Å². The Morgan fingerprint density at radius 2 is 2.00 bits per heavy atom. The van der Waals surface area contributed by atoms with Crippen molar-refractivity contribution in [2.24, 2.45) is 4.99 Å². The highest BCUT2D eigenvalue weighted by Crippen LogP contribution is 2.11. The van der Waals surface area contributed by atoms with Gasteiger partial charge in [0.05, 0.1) is 10.7 Å². The standard InChI is InChI=1S/C15H18N2S.C5H12/c1-6-8-9-13-11(3)16-10-14(13)15(7-2)17-12(4)18-5;1-3-5-4-2/h6-10,16H,2-4H2,1,5H3;3-5H2,1-2H3/b8-6-,13-9+,17-15+;. The zero-order valence-corrected chi connectivity index (χ0v) is 15.8. The number of aliphatic imine (C=N–C) groups is 1. The summed E-state index contributed by atoms with van der Waals surface area (Å²) in [6.07, 6.45) is 15.6. The minimum atomic E-state index is 0.758. The first-order valence-corrected chi connectivity index (χ1v) is 9.21. The fourth-order valence-electron chi connectivity index (χ4n) is 1.82. The zero-order valence-electron chi connectivity index (χ0n) is 15.0. The van der Waals surface area contributed by atoms with Crippen LogP contribution in [-0.4, -0.2) is 17.0 Å². The number of rotatable bonds is 7. The number of allylic oxidation sites excluding steroid dienone is 3. The van der Waals surface area contributed by atoms with Crippen LogP contribution < -0.4 is 10.6 Å². The minimum absolute atomic E-state index is 0.758. The van der Waals surface area contributed by atoms with Crippen LogP contribution in [0.15, 0.2) is 47.6 Å². The Labute approximate surface area is 145 Å². The minimum Gasteiger partial charge on any atom is -0.361 e. The number of aromatic amines is 1. The Bertz CT molecular complexity index is 646. The largest absolute Gasteiger partial charge is 0.361 e. The van der Waals surface area contributed by atoms with Gasteiger partial charge in [-0.05, 0) is 19.3 Å². The van der Waals surface area contributed by atoms with Gasteiger partial charge in [-0.1, -0.05) is 71.1 Å². The normalized spacial score (nSPS) is 12.2. The van der Waals surface area contributed by atoms with Gasteiger partial charge < -0.3 is 4.98 Å². The van der Waals surface area contributed by atoms with Gasteiger partial charge in [0.25, 0.3) is 0 Å². The van der Waals surface area contributed by atoms with Gasteiger partial charge in [-0.15, -0.1) is 11.8 Å². The molecule has 0 spiro atoms. The molecule has 1 rings (SSSR count). The van der Waals surface area contributed by atoms with Gasteiger partial charge in [0.15, 0.2) is 0 Å². The Kier molecular flexibility index (Phi) is 11.8. The number of nitrogens with zero attached hydrogens (tertiary/aromatic N) is 1. The summed E-state index contributed by atoms with van der Waals surface area (Å²) in [4.78, 5) is 7.55. The number of thioether (sulfide) groups is 1. The molecule has 0 atom stereocenters. The number of nitrogens with one attached hydrogen (secondary N) is 1. The van der Waals surface area contributed by atoms with Crippen LogP contribution in [0.1, 0.15) is 45.6 Å².